The Morgan fingerprint density at radius 3 is 2.95 bits per heavy atom. The highest BCUT2D eigenvalue weighted by atomic mass is 16.5. The topological polar surface area (TPSA) is 30.5 Å². The molecule has 3 heteroatoms. The molecule has 1 aromatic rings. The molecule has 3 unspecified atom stereocenters. The van der Waals surface area contributed by atoms with Crippen LogP contribution in [0.3, 0.4) is 0 Å². The molecule has 0 bridgehead atoms. The van der Waals surface area contributed by atoms with E-state index >= 15 is 0 Å². The highest BCUT2D eigenvalue weighted by Crippen LogP contribution is 2.37. The van der Waals surface area contributed by atoms with E-state index in [-0.39, 0.29) is 0 Å². The first-order chi connectivity index (χ1) is 10.4. The van der Waals surface area contributed by atoms with E-state index in [9.17, 15) is 0 Å². The van der Waals surface area contributed by atoms with E-state index in [2.05, 4.69) is 36.5 Å². The second kappa shape index (κ2) is 7.28. The molecule has 3 atom stereocenters. The van der Waals surface area contributed by atoms with Crippen molar-refractivity contribution in [3.63, 3.8) is 0 Å². The van der Waals surface area contributed by atoms with Crippen molar-refractivity contribution >= 4 is 0 Å². The highest BCUT2D eigenvalue weighted by molar-refractivity contribution is 5.37. The number of nitrogens with one attached hydrogen (secondary N) is 1. The van der Waals surface area contributed by atoms with Crippen LogP contribution in [0, 0.1) is 0 Å². The third kappa shape index (κ3) is 3.58. The Morgan fingerprint density at radius 2 is 2.14 bits per heavy atom. The van der Waals surface area contributed by atoms with E-state index in [1.807, 2.05) is 0 Å². The van der Waals surface area contributed by atoms with Crippen LogP contribution < -0.4 is 10.1 Å². The first-order valence-corrected chi connectivity index (χ1v) is 8.45. The number of benzene rings is 1. The van der Waals surface area contributed by atoms with Gasteiger partial charge in [0.25, 0.3) is 0 Å². The van der Waals surface area contributed by atoms with Crippen LogP contribution in [0.5, 0.6) is 5.75 Å². The van der Waals surface area contributed by atoms with E-state index in [1.54, 1.807) is 0 Å². The summed E-state index contributed by atoms with van der Waals surface area (Å²) in [5.41, 5.74) is 1.38. The minimum Gasteiger partial charge on any atom is -0.493 e. The summed E-state index contributed by atoms with van der Waals surface area (Å²) in [6.07, 6.45) is 6.25. The molecule has 0 saturated carbocycles. The van der Waals surface area contributed by atoms with Crippen LogP contribution in [0.4, 0.5) is 0 Å². The smallest absolute Gasteiger partial charge is 0.122 e. The number of ether oxygens (including phenoxy) is 2. The maximum absolute atomic E-state index is 5.95. The molecule has 1 saturated heterocycles. The maximum atomic E-state index is 5.95. The molecule has 1 aromatic carbocycles. The zero-order valence-corrected chi connectivity index (χ0v) is 13.0. The molecule has 0 amide bonds. The standard InChI is InChI=1S/C18H27NO2/c1-2-10-19-16(18-8-5-11-20-18)13-14-9-12-21-17-7-4-3-6-15(14)17/h3-4,6-7,14,16,18-19H,2,5,8-13H2,1H3. The summed E-state index contributed by atoms with van der Waals surface area (Å²) < 4.78 is 11.7. The molecule has 0 spiro atoms. The zero-order valence-electron chi connectivity index (χ0n) is 13.0. The van der Waals surface area contributed by atoms with Crippen LogP contribution in [0.25, 0.3) is 0 Å². The summed E-state index contributed by atoms with van der Waals surface area (Å²) in [6, 6.07) is 8.99. The number of rotatable bonds is 6. The third-order valence-corrected chi connectivity index (χ3v) is 4.69. The van der Waals surface area contributed by atoms with Gasteiger partial charge < -0.3 is 14.8 Å². The SMILES string of the molecule is CCCNC(CC1CCOc2ccccc21)C1CCCO1. The molecule has 1 N–H and O–H groups in total. The Balaban J connectivity index is 1.70. The average molecular weight is 289 g/mol. The van der Waals surface area contributed by atoms with Gasteiger partial charge in [0.1, 0.15) is 5.75 Å². The molecule has 0 radical (unpaired) electrons. The molecule has 21 heavy (non-hydrogen) atoms. The van der Waals surface area contributed by atoms with Gasteiger partial charge in [-0.2, -0.15) is 0 Å². The van der Waals surface area contributed by atoms with Crippen molar-refractivity contribution in [2.45, 2.75) is 57.1 Å². The van der Waals surface area contributed by atoms with E-state index in [0.717, 1.165) is 38.3 Å². The number of hydrogen-bond acceptors (Lipinski definition) is 3. The van der Waals surface area contributed by atoms with Crippen LogP contribution >= 0.6 is 0 Å². The van der Waals surface area contributed by atoms with Crippen LogP contribution in [0.15, 0.2) is 24.3 Å². The summed E-state index contributed by atoms with van der Waals surface area (Å²) in [5, 5.41) is 3.72. The van der Waals surface area contributed by atoms with Gasteiger partial charge in [0.2, 0.25) is 0 Å². The molecule has 2 heterocycles. The quantitative estimate of drug-likeness (QED) is 0.869. The molecular weight excluding hydrogens is 262 g/mol. The van der Waals surface area contributed by atoms with Crippen molar-refractivity contribution in [1.82, 2.24) is 5.32 Å². The fourth-order valence-corrected chi connectivity index (χ4v) is 3.58. The lowest BCUT2D eigenvalue weighted by molar-refractivity contribution is 0.0712. The minimum atomic E-state index is 0.395. The molecule has 3 rings (SSSR count). The van der Waals surface area contributed by atoms with Gasteiger partial charge in [-0.15, -0.1) is 0 Å². The zero-order chi connectivity index (χ0) is 14.5. The van der Waals surface area contributed by atoms with Gasteiger partial charge in [-0.1, -0.05) is 25.1 Å². The largest absolute Gasteiger partial charge is 0.493 e. The molecule has 2 aliphatic heterocycles. The van der Waals surface area contributed by atoms with Gasteiger partial charge >= 0.3 is 0 Å². The molecule has 3 nitrogen and oxygen atoms in total. The Bertz CT molecular complexity index is 443. The maximum Gasteiger partial charge on any atom is 0.122 e. The van der Waals surface area contributed by atoms with E-state index in [0.29, 0.717) is 18.1 Å². The molecule has 0 aliphatic carbocycles. The lowest BCUT2D eigenvalue weighted by Gasteiger charge is -2.32. The minimum absolute atomic E-state index is 0.395. The van der Waals surface area contributed by atoms with Gasteiger partial charge in [-0.3, -0.25) is 0 Å². The molecule has 1 fully saturated rings. The molecule has 116 valence electrons. The summed E-state index contributed by atoms with van der Waals surface area (Å²) in [7, 11) is 0. The number of fused-ring (bicyclic) bond motifs is 1. The van der Waals surface area contributed by atoms with Crippen molar-refractivity contribution in [3.05, 3.63) is 29.8 Å². The van der Waals surface area contributed by atoms with Crippen LogP contribution in [0.1, 0.15) is 50.5 Å². The van der Waals surface area contributed by atoms with Crippen LogP contribution in [-0.2, 0) is 4.74 Å². The Morgan fingerprint density at radius 1 is 1.24 bits per heavy atom. The van der Waals surface area contributed by atoms with E-state index in [4.69, 9.17) is 9.47 Å². The Hall–Kier alpha value is -1.06. The number of para-hydroxylation sites is 1. The van der Waals surface area contributed by atoms with Gasteiger partial charge in [0, 0.05) is 12.6 Å². The molecular formula is C18H27NO2. The highest BCUT2D eigenvalue weighted by Gasteiger charge is 2.30. The van der Waals surface area contributed by atoms with Crippen LogP contribution in [-0.4, -0.2) is 31.9 Å². The monoisotopic (exact) mass is 289 g/mol. The third-order valence-electron chi connectivity index (χ3n) is 4.69. The first kappa shape index (κ1) is 14.9. The predicted octanol–water partition coefficient (Wildman–Crippen LogP) is 3.49. The van der Waals surface area contributed by atoms with Crippen molar-refractivity contribution in [3.8, 4) is 5.75 Å². The second-order valence-corrected chi connectivity index (χ2v) is 6.22. The summed E-state index contributed by atoms with van der Waals surface area (Å²) >= 11 is 0. The fraction of sp³-hybridized carbons (Fsp3) is 0.667. The van der Waals surface area contributed by atoms with E-state index in [1.165, 1.54) is 24.8 Å². The first-order valence-electron chi connectivity index (χ1n) is 8.45. The lowest BCUT2D eigenvalue weighted by atomic mass is 9.85. The van der Waals surface area contributed by atoms with Crippen molar-refractivity contribution < 1.29 is 9.47 Å². The fourth-order valence-electron chi connectivity index (χ4n) is 3.58. The summed E-state index contributed by atoms with van der Waals surface area (Å²) in [4.78, 5) is 0. The molecule has 0 aromatic heterocycles. The van der Waals surface area contributed by atoms with Gasteiger partial charge in [-0.25, -0.2) is 0 Å². The van der Waals surface area contributed by atoms with Gasteiger partial charge in [0.05, 0.1) is 12.7 Å². The summed E-state index contributed by atoms with van der Waals surface area (Å²) in [6.45, 7) is 5.08. The van der Waals surface area contributed by atoms with Gasteiger partial charge in [0.15, 0.2) is 0 Å². The van der Waals surface area contributed by atoms with Crippen molar-refractivity contribution in [1.29, 1.82) is 0 Å². The van der Waals surface area contributed by atoms with Gasteiger partial charge in [-0.05, 0) is 56.2 Å². The Labute approximate surface area is 128 Å². The average Bonchev–Trinajstić information content (AvgIpc) is 3.06. The van der Waals surface area contributed by atoms with Crippen molar-refractivity contribution in [2.24, 2.45) is 0 Å². The molecule has 2 aliphatic rings. The van der Waals surface area contributed by atoms with E-state index < -0.39 is 0 Å². The predicted molar refractivity (Wildman–Crippen MR) is 85.0 cm³/mol. The second-order valence-electron chi connectivity index (χ2n) is 6.22. The normalized spacial score (nSPS) is 26.1. The lowest BCUT2D eigenvalue weighted by Crippen LogP contribution is -2.41. The van der Waals surface area contributed by atoms with Crippen molar-refractivity contribution in [2.75, 3.05) is 19.8 Å². The Kier molecular flexibility index (Phi) is 5.15. The summed E-state index contributed by atoms with van der Waals surface area (Å²) in [5.74, 6) is 1.67. The van der Waals surface area contributed by atoms with Crippen LogP contribution in [0.2, 0.25) is 0 Å². The number of hydrogen-bond donors (Lipinski definition) is 1.